The monoisotopic (exact) mass is 216 g/mol. The Morgan fingerprint density at radius 1 is 1.25 bits per heavy atom. The van der Waals surface area contributed by atoms with Gasteiger partial charge >= 0.3 is 0 Å². The lowest BCUT2D eigenvalue weighted by molar-refractivity contribution is 0.346. The highest BCUT2D eigenvalue weighted by molar-refractivity contribution is 5.41. The summed E-state index contributed by atoms with van der Waals surface area (Å²) in [6, 6.07) is 7.05. The second-order valence-corrected chi connectivity index (χ2v) is 6.36. The maximum absolute atomic E-state index is 2.42. The summed E-state index contributed by atoms with van der Waals surface area (Å²) in [6.07, 6.45) is 2.67. The van der Waals surface area contributed by atoms with Gasteiger partial charge in [-0.2, -0.15) is 0 Å². The van der Waals surface area contributed by atoms with Gasteiger partial charge in [0.25, 0.3) is 0 Å². The zero-order valence-corrected chi connectivity index (χ0v) is 11.3. The summed E-state index contributed by atoms with van der Waals surface area (Å²) in [5.41, 5.74) is 4.98. The van der Waals surface area contributed by atoms with E-state index in [9.17, 15) is 0 Å². The van der Waals surface area contributed by atoms with Gasteiger partial charge in [0.15, 0.2) is 0 Å². The standard InChI is InChI=1S/C16H24/c1-11(2)13-8-9-16(4,5)15-7-6-12(3)10-14(13)15/h6-7,10-11,13H,8-9H2,1-5H3/t13-/m0/s1. The van der Waals surface area contributed by atoms with E-state index in [1.807, 2.05) is 0 Å². The molecule has 0 fully saturated rings. The van der Waals surface area contributed by atoms with Gasteiger partial charge in [0.2, 0.25) is 0 Å². The van der Waals surface area contributed by atoms with Crippen LogP contribution in [0.25, 0.3) is 0 Å². The highest BCUT2D eigenvalue weighted by Gasteiger charge is 2.33. The summed E-state index contributed by atoms with van der Waals surface area (Å²) in [7, 11) is 0. The van der Waals surface area contributed by atoms with E-state index in [2.05, 4.69) is 52.8 Å². The molecule has 0 heterocycles. The Hall–Kier alpha value is -0.780. The van der Waals surface area contributed by atoms with Crippen molar-refractivity contribution in [3.63, 3.8) is 0 Å². The first-order chi connectivity index (χ1) is 7.42. The van der Waals surface area contributed by atoms with Gasteiger partial charge in [0.05, 0.1) is 0 Å². The van der Waals surface area contributed by atoms with Gasteiger partial charge in [0.1, 0.15) is 0 Å². The summed E-state index contributed by atoms with van der Waals surface area (Å²) < 4.78 is 0. The Morgan fingerprint density at radius 2 is 1.94 bits per heavy atom. The van der Waals surface area contributed by atoms with Crippen molar-refractivity contribution < 1.29 is 0 Å². The first-order valence-electron chi connectivity index (χ1n) is 6.53. The van der Waals surface area contributed by atoms with Crippen LogP contribution >= 0.6 is 0 Å². The van der Waals surface area contributed by atoms with E-state index in [1.165, 1.54) is 18.4 Å². The van der Waals surface area contributed by atoms with Crippen LogP contribution in [0, 0.1) is 12.8 Å². The molecule has 1 aromatic carbocycles. The molecule has 0 aliphatic heterocycles. The molecule has 2 rings (SSSR count). The van der Waals surface area contributed by atoms with E-state index in [1.54, 1.807) is 11.1 Å². The molecule has 16 heavy (non-hydrogen) atoms. The van der Waals surface area contributed by atoms with Gasteiger partial charge in [-0.1, -0.05) is 51.5 Å². The third-order valence-corrected chi connectivity index (χ3v) is 4.22. The fraction of sp³-hybridized carbons (Fsp3) is 0.625. The molecule has 0 spiro atoms. The van der Waals surface area contributed by atoms with Gasteiger partial charge in [-0.25, -0.2) is 0 Å². The lowest BCUT2D eigenvalue weighted by Gasteiger charge is -2.39. The number of benzene rings is 1. The highest BCUT2D eigenvalue weighted by Crippen LogP contribution is 2.45. The van der Waals surface area contributed by atoms with E-state index in [0.717, 1.165) is 11.8 Å². The van der Waals surface area contributed by atoms with Crippen LogP contribution in [0.3, 0.4) is 0 Å². The maximum atomic E-state index is 2.42. The van der Waals surface area contributed by atoms with Crippen molar-refractivity contribution in [3.05, 3.63) is 34.9 Å². The molecule has 0 amide bonds. The van der Waals surface area contributed by atoms with Crippen LogP contribution in [0.4, 0.5) is 0 Å². The van der Waals surface area contributed by atoms with E-state index < -0.39 is 0 Å². The summed E-state index contributed by atoms with van der Waals surface area (Å²) >= 11 is 0. The Morgan fingerprint density at radius 3 is 2.56 bits per heavy atom. The average molecular weight is 216 g/mol. The van der Waals surface area contributed by atoms with Crippen LogP contribution in [0.1, 0.15) is 63.1 Å². The first kappa shape index (κ1) is 11.7. The van der Waals surface area contributed by atoms with Crippen LogP contribution in [-0.2, 0) is 5.41 Å². The summed E-state index contributed by atoms with van der Waals surface area (Å²) in [5, 5.41) is 0. The van der Waals surface area contributed by atoms with Crippen LogP contribution in [0.2, 0.25) is 0 Å². The molecule has 1 atom stereocenters. The SMILES string of the molecule is Cc1ccc2c(c1)[C@H](C(C)C)CCC2(C)C. The van der Waals surface area contributed by atoms with Gasteiger partial charge in [-0.15, -0.1) is 0 Å². The number of hydrogen-bond acceptors (Lipinski definition) is 0. The maximum Gasteiger partial charge on any atom is -0.0100 e. The average Bonchev–Trinajstić information content (AvgIpc) is 2.16. The molecule has 0 saturated heterocycles. The van der Waals surface area contributed by atoms with Gasteiger partial charge in [0, 0.05) is 0 Å². The summed E-state index contributed by atoms with van der Waals surface area (Å²) in [5.74, 6) is 1.53. The molecule has 88 valence electrons. The normalized spacial score (nSPS) is 23.2. The molecule has 1 aliphatic rings. The zero-order chi connectivity index (χ0) is 11.9. The summed E-state index contributed by atoms with van der Waals surface area (Å²) in [4.78, 5) is 0. The predicted octanol–water partition coefficient (Wildman–Crippen LogP) is 4.81. The highest BCUT2D eigenvalue weighted by atomic mass is 14.4. The Balaban J connectivity index is 2.54. The van der Waals surface area contributed by atoms with Crippen LogP contribution < -0.4 is 0 Å². The number of rotatable bonds is 1. The number of fused-ring (bicyclic) bond motifs is 1. The van der Waals surface area contributed by atoms with Crippen molar-refractivity contribution in [1.29, 1.82) is 0 Å². The molecule has 1 aromatic rings. The van der Waals surface area contributed by atoms with Crippen molar-refractivity contribution in [2.75, 3.05) is 0 Å². The predicted molar refractivity (Wildman–Crippen MR) is 71.0 cm³/mol. The molecule has 0 radical (unpaired) electrons. The fourth-order valence-corrected chi connectivity index (χ4v) is 3.10. The molecule has 1 aliphatic carbocycles. The molecule has 0 unspecified atom stereocenters. The van der Waals surface area contributed by atoms with Gasteiger partial charge in [-0.05, 0) is 48.1 Å². The van der Waals surface area contributed by atoms with Crippen molar-refractivity contribution in [3.8, 4) is 0 Å². The lowest BCUT2D eigenvalue weighted by atomic mass is 9.66. The van der Waals surface area contributed by atoms with Crippen molar-refractivity contribution in [2.45, 2.75) is 58.8 Å². The molecule has 0 saturated carbocycles. The van der Waals surface area contributed by atoms with E-state index >= 15 is 0 Å². The zero-order valence-electron chi connectivity index (χ0n) is 11.3. The third kappa shape index (κ3) is 1.90. The smallest absolute Gasteiger partial charge is 0.0100 e. The number of aryl methyl sites for hydroxylation is 1. The van der Waals surface area contributed by atoms with Crippen LogP contribution in [-0.4, -0.2) is 0 Å². The minimum absolute atomic E-state index is 0.369. The topological polar surface area (TPSA) is 0 Å². The minimum Gasteiger partial charge on any atom is -0.0622 e. The molecule has 0 heteroatoms. The molecule has 0 aromatic heterocycles. The largest absolute Gasteiger partial charge is 0.0622 e. The third-order valence-electron chi connectivity index (χ3n) is 4.22. The molecular weight excluding hydrogens is 192 g/mol. The Labute approximate surface area is 100 Å². The van der Waals surface area contributed by atoms with E-state index in [4.69, 9.17) is 0 Å². The second-order valence-electron chi connectivity index (χ2n) is 6.36. The Kier molecular flexibility index (Phi) is 2.86. The van der Waals surface area contributed by atoms with Crippen molar-refractivity contribution >= 4 is 0 Å². The summed E-state index contributed by atoms with van der Waals surface area (Å²) in [6.45, 7) is 11.7. The Bertz CT molecular complexity index is 385. The van der Waals surface area contributed by atoms with Crippen molar-refractivity contribution in [2.24, 2.45) is 5.92 Å². The molecule has 0 N–H and O–H groups in total. The lowest BCUT2D eigenvalue weighted by Crippen LogP contribution is -2.28. The quantitative estimate of drug-likeness (QED) is 0.632. The number of hydrogen-bond donors (Lipinski definition) is 0. The van der Waals surface area contributed by atoms with E-state index in [-0.39, 0.29) is 0 Å². The van der Waals surface area contributed by atoms with Crippen LogP contribution in [0.15, 0.2) is 18.2 Å². The molecule has 0 nitrogen and oxygen atoms in total. The molecule has 0 bridgehead atoms. The van der Waals surface area contributed by atoms with E-state index in [0.29, 0.717) is 5.41 Å². The minimum atomic E-state index is 0.369. The fourth-order valence-electron chi connectivity index (χ4n) is 3.10. The van der Waals surface area contributed by atoms with Gasteiger partial charge < -0.3 is 0 Å². The van der Waals surface area contributed by atoms with Crippen LogP contribution in [0.5, 0.6) is 0 Å². The molecular formula is C16H24. The van der Waals surface area contributed by atoms with Gasteiger partial charge in [-0.3, -0.25) is 0 Å². The first-order valence-corrected chi connectivity index (χ1v) is 6.53. The van der Waals surface area contributed by atoms with Crippen molar-refractivity contribution in [1.82, 2.24) is 0 Å². The second kappa shape index (κ2) is 3.91.